The highest BCUT2D eigenvalue weighted by Gasteiger charge is 2.74. The second kappa shape index (κ2) is 7.47. The molecular weight excluding hydrogens is 402 g/mol. The van der Waals surface area contributed by atoms with E-state index >= 15 is 0 Å². The molecule has 1 unspecified atom stereocenters. The highest BCUT2D eigenvalue weighted by atomic mass is 16.3. The molecule has 0 bridgehead atoms. The Kier molecular flexibility index (Phi) is 5.57. The molecule has 0 aromatic heterocycles. The summed E-state index contributed by atoms with van der Waals surface area (Å²) in [5.41, 5.74) is 2.35. The van der Waals surface area contributed by atoms with Gasteiger partial charge >= 0.3 is 0 Å². The van der Waals surface area contributed by atoms with E-state index in [9.17, 15) is 5.11 Å². The lowest BCUT2D eigenvalue weighted by atomic mass is 9.31. The molecule has 190 valence electrons. The van der Waals surface area contributed by atoms with Crippen molar-refractivity contribution < 1.29 is 5.11 Å². The Morgan fingerprint density at radius 1 is 0.758 bits per heavy atom. The third-order valence-corrected chi connectivity index (χ3v) is 14.9. The minimum absolute atomic E-state index is 0.0750. The summed E-state index contributed by atoms with van der Waals surface area (Å²) in [6.07, 6.45) is 14.3. The Hall–Kier alpha value is -0.0800. The van der Waals surface area contributed by atoms with Crippen molar-refractivity contribution in [2.45, 2.75) is 138 Å². The second-order valence-corrected chi connectivity index (χ2v) is 15.5. The van der Waals surface area contributed by atoms with Crippen molar-refractivity contribution in [3.05, 3.63) is 0 Å². The Bertz CT molecular complexity index is 773. The molecule has 1 heterocycles. The third kappa shape index (κ3) is 2.92. The Morgan fingerprint density at radius 2 is 1.42 bits per heavy atom. The fraction of sp³-hybridized carbons (Fsp3) is 1.00. The Morgan fingerprint density at radius 3 is 2.09 bits per heavy atom. The summed E-state index contributed by atoms with van der Waals surface area (Å²) in [6.45, 7) is 22.3. The van der Waals surface area contributed by atoms with E-state index in [1.54, 1.807) is 0 Å². The lowest BCUT2D eigenvalue weighted by Crippen LogP contribution is -2.67. The van der Waals surface area contributed by atoms with Gasteiger partial charge in [-0.25, -0.2) is 0 Å². The summed E-state index contributed by atoms with van der Waals surface area (Å²) >= 11 is 0. The molecule has 2 nitrogen and oxygen atoms in total. The third-order valence-electron chi connectivity index (χ3n) is 14.9. The molecule has 0 aromatic carbocycles. The van der Waals surface area contributed by atoms with Crippen molar-refractivity contribution in [3.8, 4) is 0 Å². The van der Waals surface area contributed by atoms with Crippen molar-refractivity contribution in [2.24, 2.45) is 50.2 Å². The van der Waals surface area contributed by atoms with E-state index in [1.807, 2.05) is 0 Å². The summed E-state index contributed by atoms with van der Waals surface area (Å²) in [4.78, 5) is 0. The van der Waals surface area contributed by atoms with Crippen LogP contribution >= 0.6 is 0 Å². The second-order valence-electron chi connectivity index (χ2n) is 15.5. The van der Waals surface area contributed by atoms with E-state index in [2.05, 4.69) is 60.7 Å². The number of hydrogen-bond acceptors (Lipinski definition) is 2. The van der Waals surface area contributed by atoms with Gasteiger partial charge in [0.2, 0.25) is 0 Å². The van der Waals surface area contributed by atoms with E-state index in [1.165, 1.54) is 64.3 Å². The first-order valence-corrected chi connectivity index (χ1v) is 14.7. The minimum Gasteiger partial charge on any atom is -0.393 e. The summed E-state index contributed by atoms with van der Waals surface area (Å²) in [7, 11) is 0. The molecule has 11 atom stereocenters. The van der Waals surface area contributed by atoms with E-state index in [0.717, 1.165) is 30.6 Å². The smallest absolute Gasteiger partial charge is 0.0545 e. The first-order chi connectivity index (χ1) is 15.3. The zero-order valence-corrected chi connectivity index (χ0v) is 23.3. The molecule has 5 fully saturated rings. The van der Waals surface area contributed by atoms with E-state index in [-0.39, 0.29) is 6.10 Å². The zero-order chi connectivity index (χ0) is 24.1. The normalized spacial score (nSPS) is 59.9. The summed E-state index contributed by atoms with van der Waals surface area (Å²) < 4.78 is 0. The minimum atomic E-state index is -0.0750. The number of aliphatic hydroxyl groups is 1. The predicted octanol–water partition coefficient (Wildman–Crippen LogP) is 7.59. The molecule has 0 aromatic rings. The average molecular weight is 458 g/mol. The van der Waals surface area contributed by atoms with Crippen LogP contribution in [0.15, 0.2) is 0 Å². The van der Waals surface area contributed by atoms with Gasteiger partial charge in [-0.1, -0.05) is 55.4 Å². The van der Waals surface area contributed by atoms with Crippen LogP contribution in [0.4, 0.5) is 0 Å². The molecule has 4 saturated carbocycles. The van der Waals surface area contributed by atoms with Crippen LogP contribution in [0.2, 0.25) is 0 Å². The number of rotatable bonds is 2. The summed E-state index contributed by atoms with van der Waals surface area (Å²) in [5, 5.41) is 14.6. The van der Waals surface area contributed by atoms with Crippen molar-refractivity contribution in [1.82, 2.24) is 5.32 Å². The van der Waals surface area contributed by atoms with E-state index in [0.29, 0.717) is 38.5 Å². The number of fused-ring (bicyclic) bond motifs is 5. The molecular formula is C31H55NO. The van der Waals surface area contributed by atoms with Crippen LogP contribution in [-0.2, 0) is 0 Å². The SMILES string of the molecule is C[C@@H]1CCC([C@@H](C)[C@@]2(C)CC[C@@]3(C)[C@@H]4CC[C@@]5(C)C[C@@H](O)CC[C@]5(C)[C@@]4(C)CC[C@@]32C)NC1. The quantitative estimate of drug-likeness (QED) is 0.447. The van der Waals surface area contributed by atoms with Gasteiger partial charge in [0, 0.05) is 6.04 Å². The van der Waals surface area contributed by atoms with Gasteiger partial charge in [0.1, 0.15) is 0 Å². The topological polar surface area (TPSA) is 32.3 Å². The largest absolute Gasteiger partial charge is 0.393 e. The van der Waals surface area contributed by atoms with Gasteiger partial charge in [-0.05, 0) is 127 Å². The fourth-order valence-corrected chi connectivity index (χ4v) is 11.6. The van der Waals surface area contributed by atoms with Crippen LogP contribution < -0.4 is 5.32 Å². The maximum Gasteiger partial charge on any atom is 0.0545 e. The molecule has 2 heteroatoms. The maximum absolute atomic E-state index is 10.6. The predicted molar refractivity (Wildman–Crippen MR) is 139 cm³/mol. The van der Waals surface area contributed by atoms with Crippen LogP contribution in [-0.4, -0.2) is 23.8 Å². The Labute approximate surface area is 205 Å². The van der Waals surface area contributed by atoms with E-state index < -0.39 is 0 Å². The molecule has 1 saturated heterocycles. The van der Waals surface area contributed by atoms with Crippen LogP contribution in [0.3, 0.4) is 0 Å². The molecule has 0 radical (unpaired) electrons. The monoisotopic (exact) mass is 457 g/mol. The number of hydrogen-bond donors (Lipinski definition) is 2. The van der Waals surface area contributed by atoms with Gasteiger partial charge in [0.15, 0.2) is 0 Å². The maximum atomic E-state index is 10.6. The number of nitrogens with one attached hydrogen (secondary N) is 1. The van der Waals surface area contributed by atoms with Gasteiger partial charge < -0.3 is 10.4 Å². The highest BCUT2D eigenvalue weighted by molar-refractivity contribution is 5.23. The fourth-order valence-electron chi connectivity index (χ4n) is 11.6. The van der Waals surface area contributed by atoms with Gasteiger partial charge in [0.05, 0.1) is 6.10 Å². The molecule has 33 heavy (non-hydrogen) atoms. The zero-order valence-electron chi connectivity index (χ0n) is 23.3. The van der Waals surface area contributed by atoms with Crippen molar-refractivity contribution in [3.63, 3.8) is 0 Å². The Balaban J connectivity index is 1.48. The molecule has 2 N–H and O–H groups in total. The highest BCUT2D eigenvalue weighted by Crippen LogP contribution is 2.81. The number of piperidine rings is 1. The number of aliphatic hydroxyl groups excluding tert-OH is 1. The lowest BCUT2D eigenvalue weighted by molar-refractivity contribution is -0.253. The lowest BCUT2D eigenvalue weighted by Gasteiger charge is -2.73. The molecule has 5 aliphatic rings. The average Bonchev–Trinajstić information content (AvgIpc) is 2.98. The van der Waals surface area contributed by atoms with Crippen LogP contribution in [0.1, 0.15) is 126 Å². The molecule has 1 aliphatic heterocycles. The summed E-state index contributed by atoms with van der Waals surface area (Å²) in [6, 6.07) is 0.700. The van der Waals surface area contributed by atoms with Gasteiger partial charge in [0.25, 0.3) is 0 Å². The molecule has 4 aliphatic carbocycles. The van der Waals surface area contributed by atoms with Crippen molar-refractivity contribution in [1.29, 1.82) is 0 Å². The van der Waals surface area contributed by atoms with Crippen molar-refractivity contribution >= 4 is 0 Å². The van der Waals surface area contributed by atoms with Gasteiger partial charge in [-0.3, -0.25) is 0 Å². The molecule has 0 amide bonds. The van der Waals surface area contributed by atoms with E-state index in [4.69, 9.17) is 0 Å². The molecule has 5 rings (SSSR count). The first-order valence-electron chi connectivity index (χ1n) is 14.7. The van der Waals surface area contributed by atoms with Gasteiger partial charge in [-0.15, -0.1) is 0 Å². The first kappa shape index (κ1) is 24.6. The summed E-state index contributed by atoms with van der Waals surface area (Å²) in [5.74, 6) is 2.41. The van der Waals surface area contributed by atoms with Crippen LogP contribution in [0.5, 0.6) is 0 Å². The van der Waals surface area contributed by atoms with Gasteiger partial charge in [-0.2, -0.15) is 0 Å². The van der Waals surface area contributed by atoms with Crippen molar-refractivity contribution in [2.75, 3.05) is 6.54 Å². The van der Waals surface area contributed by atoms with Crippen LogP contribution in [0.25, 0.3) is 0 Å². The molecule has 0 spiro atoms. The standard InChI is InChI=1S/C31H55NO/c1-21-9-10-24(32-20-21)22(2)27(4)15-16-29(6)25-12-13-26(3)19-23(33)11-14-30(26,7)28(25,5)17-18-31(27,29)8/h21-25,32-33H,9-20H2,1-8H3/t21-,22-,23+,24?,25-,26+,27-,28+,29+,30+,31-/m1/s1. The van der Waals surface area contributed by atoms with Crippen LogP contribution in [0, 0.1) is 50.2 Å².